The van der Waals surface area contributed by atoms with Gasteiger partial charge in [-0.1, -0.05) is 35.5 Å². The molecule has 2 heterocycles. The fourth-order valence-electron chi connectivity index (χ4n) is 2.97. The number of nitrogen functional groups attached to an aromatic ring is 1. The maximum atomic E-state index is 11.3. The summed E-state index contributed by atoms with van der Waals surface area (Å²) in [6, 6.07) is 12.4. The van der Waals surface area contributed by atoms with Crippen molar-refractivity contribution in [2.45, 2.75) is 9.79 Å². The lowest BCUT2D eigenvalue weighted by atomic mass is 10.2. The highest BCUT2D eigenvalue weighted by molar-refractivity contribution is 7.99. The minimum absolute atomic E-state index is 0.234. The predicted molar refractivity (Wildman–Crippen MR) is 107 cm³/mol. The van der Waals surface area contributed by atoms with E-state index in [1.54, 1.807) is 29.1 Å². The Hall–Kier alpha value is -2.90. The van der Waals surface area contributed by atoms with Crippen LogP contribution < -0.4 is 5.73 Å². The number of hydrogen-bond acceptors (Lipinski definition) is 4. The molecule has 27 heavy (non-hydrogen) atoms. The van der Waals surface area contributed by atoms with E-state index in [-0.39, 0.29) is 5.56 Å². The van der Waals surface area contributed by atoms with Crippen molar-refractivity contribution in [1.29, 1.82) is 0 Å². The number of aromatic carboxylic acids is 1. The summed E-state index contributed by atoms with van der Waals surface area (Å²) in [5.41, 5.74) is 8.43. The van der Waals surface area contributed by atoms with Gasteiger partial charge >= 0.3 is 5.97 Å². The van der Waals surface area contributed by atoms with Gasteiger partial charge in [-0.3, -0.25) is 9.25 Å². The SMILES string of the molecule is Cn1cc(-n2c(N)c(Sc3cccc(C(=O)O)c3)c3ccc(Cl)cc32)cn1. The monoisotopic (exact) mass is 398 g/mol. The van der Waals surface area contributed by atoms with E-state index in [0.29, 0.717) is 10.8 Å². The third kappa shape index (κ3) is 3.15. The highest BCUT2D eigenvalue weighted by Crippen LogP contribution is 2.42. The summed E-state index contributed by atoms with van der Waals surface area (Å²) in [6.07, 6.45) is 3.60. The number of fused-ring (bicyclic) bond motifs is 1. The summed E-state index contributed by atoms with van der Waals surface area (Å²) in [7, 11) is 1.84. The molecule has 0 atom stereocenters. The third-order valence-electron chi connectivity index (χ3n) is 4.17. The lowest BCUT2D eigenvalue weighted by Gasteiger charge is -2.06. The Morgan fingerprint density at radius 3 is 2.78 bits per heavy atom. The molecular formula is C19H15ClN4O2S. The van der Waals surface area contributed by atoms with Crippen molar-refractivity contribution in [1.82, 2.24) is 14.3 Å². The Kier molecular flexibility index (Phi) is 4.33. The molecule has 3 N–H and O–H groups in total. The van der Waals surface area contributed by atoms with E-state index >= 15 is 0 Å². The van der Waals surface area contributed by atoms with Crippen molar-refractivity contribution in [2.75, 3.05) is 5.73 Å². The van der Waals surface area contributed by atoms with Crippen molar-refractivity contribution in [3.63, 3.8) is 0 Å². The first-order chi connectivity index (χ1) is 12.9. The summed E-state index contributed by atoms with van der Waals surface area (Å²) in [6.45, 7) is 0. The van der Waals surface area contributed by atoms with Gasteiger partial charge in [0.25, 0.3) is 0 Å². The average Bonchev–Trinajstić information content (AvgIpc) is 3.16. The van der Waals surface area contributed by atoms with Crippen LogP contribution in [-0.2, 0) is 7.05 Å². The zero-order chi connectivity index (χ0) is 19.1. The summed E-state index contributed by atoms with van der Waals surface area (Å²) < 4.78 is 3.60. The Labute approximate surface area is 164 Å². The van der Waals surface area contributed by atoms with Crippen molar-refractivity contribution in [3.05, 3.63) is 65.4 Å². The van der Waals surface area contributed by atoms with Crippen LogP contribution in [0.5, 0.6) is 0 Å². The number of halogens is 1. The number of nitrogens with zero attached hydrogens (tertiary/aromatic N) is 3. The van der Waals surface area contributed by atoms with Crippen LogP contribution in [0.2, 0.25) is 5.02 Å². The second-order valence-corrected chi connectivity index (χ2v) is 7.54. The van der Waals surface area contributed by atoms with Gasteiger partial charge in [0.2, 0.25) is 0 Å². The molecule has 0 saturated heterocycles. The molecule has 8 heteroatoms. The lowest BCUT2D eigenvalue weighted by Crippen LogP contribution is -1.99. The molecule has 4 rings (SSSR count). The van der Waals surface area contributed by atoms with E-state index < -0.39 is 5.97 Å². The lowest BCUT2D eigenvalue weighted by molar-refractivity contribution is 0.0696. The number of carbonyl (C=O) groups is 1. The predicted octanol–water partition coefficient (Wildman–Crippen LogP) is 4.45. The summed E-state index contributed by atoms with van der Waals surface area (Å²) in [4.78, 5) is 12.9. The van der Waals surface area contributed by atoms with E-state index in [9.17, 15) is 9.90 Å². The minimum Gasteiger partial charge on any atom is -0.478 e. The van der Waals surface area contributed by atoms with Gasteiger partial charge in [-0.2, -0.15) is 5.10 Å². The second-order valence-electron chi connectivity index (χ2n) is 6.02. The topological polar surface area (TPSA) is 86.1 Å². The van der Waals surface area contributed by atoms with Crippen LogP contribution in [0.3, 0.4) is 0 Å². The molecule has 0 aliphatic rings. The van der Waals surface area contributed by atoms with E-state index in [1.165, 1.54) is 11.8 Å². The molecule has 2 aromatic heterocycles. The molecule has 6 nitrogen and oxygen atoms in total. The van der Waals surface area contributed by atoms with Gasteiger partial charge in [-0.25, -0.2) is 4.79 Å². The van der Waals surface area contributed by atoms with Crippen molar-refractivity contribution in [2.24, 2.45) is 7.05 Å². The Morgan fingerprint density at radius 1 is 1.26 bits per heavy atom. The number of hydrogen-bond donors (Lipinski definition) is 2. The van der Waals surface area contributed by atoms with Gasteiger partial charge < -0.3 is 10.8 Å². The van der Waals surface area contributed by atoms with E-state index in [0.717, 1.165) is 26.4 Å². The molecule has 0 amide bonds. The molecule has 0 unspecified atom stereocenters. The number of carboxylic acids is 1. The first-order valence-corrected chi connectivity index (χ1v) is 9.23. The smallest absolute Gasteiger partial charge is 0.335 e. The zero-order valence-corrected chi connectivity index (χ0v) is 15.8. The number of nitrogens with two attached hydrogens (primary N) is 1. The van der Waals surface area contributed by atoms with Crippen LogP contribution in [0.25, 0.3) is 16.6 Å². The fraction of sp³-hybridized carbons (Fsp3) is 0.0526. The largest absolute Gasteiger partial charge is 0.478 e. The maximum Gasteiger partial charge on any atom is 0.335 e. The Bertz CT molecular complexity index is 1180. The van der Waals surface area contributed by atoms with E-state index in [2.05, 4.69) is 5.10 Å². The fourth-order valence-corrected chi connectivity index (χ4v) is 4.18. The standard InChI is InChI=1S/C19H15ClN4O2S/c1-23-10-13(9-22-23)24-16-8-12(20)5-6-15(16)17(18(24)21)27-14-4-2-3-11(7-14)19(25)26/h2-10H,21H2,1H3,(H,25,26). The van der Waals surface area contributed by atoms with Crippen molar-refractivity contribution in [3.8, 4) is 5.69 Å². The van der Waals surface area contributed by atoms with Crippen LogP contribution in [-0.4, -0.2) is 25.4 Å². The van der Waals surface area contributed by atoms with Gasteiger partial charge in [0, 0.05) is 28.5 Å². The van der Waals surface area contributed by atoms with Crippen LogP contribution >= 0.6 is 23.4 Å². The van der Waals surface area contributed by atoms with Crippen LogP contribution in [0, 0.1) is 0 Å². The first-order valence-electron chi connectivity index (χ1n) is 8.03. The van der Waals surface area contributed by atoms with Crippen molar-refractivity contribution >= 4 is 46.1 Å². The second kappa shape index (κ2) is 6.68. The number of anilines is 1. The third-order valence-corrected chi connectivity index (χ3v) is 5.53. The molecule has 0 bridgehead atoms. The summed E-state index contributed by atoms with van der Waals surface area (Å²) in [5.74, 6) is -0.416. The normalized spacial score (nSPS) is 11.2. The van der Waals surface area contributed by atoms with E-state index in [1.807, 2.05) is 42.1 Å². The van der Waals surface area contributed by atoms with Gasteiger partial charge in [0.1, 0.15) is 5.82 Å². The number of aryl methyl sites for hydroxylation is 1. The molecule has 0 aliphatic carbocycles. The van der Waals surface area contributed by atoms with Crippen LogP contribution in [0.15, 0.2) is 64.6 Å². The summed E-state index contributed by atoms with van der Waals surface area (Å²) >= 11 is 7.64. The zero-order valence-electron chi connectivity index (χ0n) is 14.3. The molecule has 0 fully saturated rings. The van der Waals surface area contributed by atoms with E-state index in [4.69, 9.17) is 17.3 Å². The highest BCUT2D eigenvalue weighted by atomic mass is 35.5. The minimum atomic E-state index is -0.963. The van der Waals surface area contributed by atoms with Gasteiger partial charge in [0.05, 0.1) is 27.9 Å². The highest BCUT2D eigenvalue weighted by Gasteiger charge is 2.19. The molecule has 0 radical (unpaired) electrons. The van der Waals surface area contributed by atoms with Gasteiger partial charge in [-0.05, 0) is 30.3 Å². The molecule has 4 aromatic rings. The van der Waals surface area contributed by atoms with Gasteiger partial charge in [0.15, 0.2) is 0 Å². The summed E-state index contributed by atoms with van der Waals surface area (Å²) in [5, 5.41) is 15.0. The number of benzene rings is 2. The number of carboxylic acid groups (broad SMARTS) is 1. The molecule has 0 aliphatic heterocycles. The molecule has 136 valence electrons. The van der Waals surface area contributed by atoms with Gasteiger partial charge in [-0.15, -0.1) is 0 Å². The Balaban J connectivity index is 1.90. The van der Waals surface area contributed by atoms with Crippen molar-refractivity contribution < 1.29 is 9.90 Å². The number of rotatable bonds is 4. The van der Waals surface area contributed by atoms with Crippen LogP contribution in [0.1, 0.15) is 10.4 Å². The molecule has 0 saturated carbocycles. The molecular weight excluding hydrogens is 384 g/mol. The Morgan fingerprint density at radius 2 is 2.07 bits per heavy atom. The quantitative estimate of drug-likeness (QED) is 0.530. The average molecular weight is 399 g/mol. The number of aromatic nitrogens is 3. The molecule has 0 spiro atoms. The first kappa shape index (κ1) is 17.5. The van der Waals surface area contributed by atoms with Crippen LogP contribution in [0.4, 0.5) is 5.82 Å². The maximum absolute atomic E-state index is 11.3. The molecule has 2 aromatic carbocycles.